The summed E-state index contributed by atoms with van der Waals surface area (Å²) in [5, 5.41) is 5.57. The summed E-state index contributed by atoms with van der Waals surface area (Å²) in [6.07, 6.45) is 1.36. The first kappa shape index (κ1) is 9.98. The first-order valence-corrected chi connectivity index (χ1v) is 4.83. The maximum atomic E-state index is 10.7. The Labute approximate surface area is 80.9 Å². The van der Waals surface area contributed by atoms with E-state index in [9.17, 15) is 4.79 Å². The van der Waals surface area contributed by atoms with Crippen LogP contribution in [-0.4, -0.2) is 24.7 Å². The smallest absolute Gasteiger partial charge is 0.406 e. The minimum atomic E-state index is -0.400. The number of aromatic nitrogens is 1. The Balaban J connectivity index is 2.34. The molecule has 1 aromatic heterocycles. The molecule has 0 aliphatic rings. The molecule has 0 aliphatic carbocycles. The van der Waals surface area contributed by atoms with Gasteiger partial charge in [-0.15, -0.1) is 11.3 Å². The lowest BCUT2D eigenvalue weighted by atomic mass is 10.2. The van der Waals surface area contributed by atoms with Crippen LogP contribution in [0.4, 0.5) is 4.79 Å². The van der Waals surface area contributed by atoms with Crippen molar-refractivity contribution in [1.82, 2.24) is 10.3 Å². The number of carbonyl (C=O) groups excluding carboxylic acids is 1. The van der Waals surface area contributed by atoms with Crippen LogP contribution in [0.15, 0.2) is 11.6 Å². The van der Waals surface area contributed by atoms with E-state index in [0.717, 1.165) is 5.01 Å². The first-order chi connectivity index (χ1) is 6.24. The van der Waals surface area contributed by atoms with Crippen molar-refractivity contribution in [2.45, 2.75) is 12.8 Å². The van der Waals surface area contributed by atoms with Gasteiger partial charge in [0, 0.05) is 24.0 Å². The number of hydrogen-bond donors (Lipinski definition) is 1. The van der Waals surface area contributed by atoms with Crippen molar-refractivity contribution in [1.29, 1.82) is 0 Å². The molecule has 0 saturated heterocycles. The highest BCUT2D eigenvalue weighted by molar-refractivity contribution is 7.09. The lowest BCUT2D eigenvalue weighted by molar-refractivity contribution is 0.170. The monoisotopic (exact) mass is 200 g/mol. The Hall–Kier alpha value is -1.10. The van der Waals surface area contributed by atoms with E-state index < -0.39 is 6.09 Å². The van der Waals surface area contributed by atoms with Crippen molar-refractivity contribution in [2.75, 3.05) is 13.7 Å². The van der Waals surface area contributed by atoms with E-state index in [0.29, 0.717) is 6.54 Å². The molecule has 1 unspecified atom stereocenters. The van der Waals surface area contributed by atoms with Crippen LogP contribution in [0.2, 0.25) is 0 Å². The molecule has 0 bridgehead atoms. The summed E-state index contributed by atoms with van der Waals surface area (Å²) in [5.41, 5.74) is 0. The molecule has 1 amide bonds. The van der Waals surface area contributed by atoms with Crippen molar-refractivity contribution >= 4 is 17.4 Å². The van der Waals surface area contributed by atoms with Gasteiger partial charge in [-0.2, -0.15) is 0 Å². The van der Waals surface area contributed by atoms with Crippen LogP contribution in [0.25, 0.3) is 0 Å². The predicted octanol–water partition coefficient (Wildman–Crippen LogP) is 1.60. The number of methoxy groups -OCH3 is 1. The van der Waals surface area contributed by atoms with E-state index in [-0.39, 0.29) is 5.92 Å². The molecule has 0 radical (unpaired) electrons. The molecular weight excluding hydrogens is 188 g/mol. The molecule has 0 spiro atoms. The largest absolute Gasteiger partial charge is 0.453 e. The number of thiazole rings is 1. The van der Waals surface area contributed by atoms with Gasteiger partial charge >= 0.3 is 6.09 Å². The second kappa shape index (κ2) is 4.81. The van der Waals surface area contributed by atoms with Gasteiger partial charge in [0.05, 0.1) is 12.1 Å². The molecule has 5 heteroatoms. The van der Waals surface area contributed by atoms with E-state index in [1.54, 1.807) is 17.5 Å². The molecule has 1 rings (SSSR count). The molecule has 72 valence electrons. The van der Waals surface area contributed by atoms with Crippen molar-refractivity contribution in [3.05, 3.63) is 16.6 Å². The van der Waals surface area contributed by atoms with Crippen LogP contribution in [0, 0.1) is 0 Å². The first-order valence-electron chi connectivity index (χ1n) is 3.95. The zero-order valence-electron chi connectivity index (χ0n) is 7.61. The number of amides is 1. The molecule has 0 fully saturated rings. The second-order valence-electron chi connectivity index (χ2n) is 2.64. The molecule has 0 aliphatic heterocycles. The topological polar surface area (TPSA) is 51.2 Å². The second-order valence-corrected chi connectivity index (χ2v) is 3.57. The van der Waals surface area contributed by atoms with Gasteiger partial charge < -0.3 is 10.1 Å². The number of nitrogens with zero attached hydrogens (tertiary/aromatic N) is 1. The van der Waals surface area contributed by atoms with Gasteiger partial charge in [-0.3, -0.25) is 0 Å². The maximum absolute atomic E-state index is 10.7. The number of ether oxygens (including phenoxy) is 1. The summed E-state index contributed by atoms with van der Waals surface area (Å²) in [5.74, 6) is 0.235. The van der Waals surface area contributed by atoms with Crippen LogP contribution < -0.4 is 5.32 Å². The van der Waals surface area contributed by atoms with Crippen LogP contribution in [0.5, 0.6) is 0 Å². The lowest BCUT2D eigenvalue weighted by Crippen LogP contribution is -2.27. The summed E-state index contributed by atoms with van der Waals surface area (Å²) >= 11 is 1.59. The average Bonchev–Trinajstić information content (AvgIpc) is 2.66. The minimum Gasteiger partial charge on any atom is -0.453 e. The fraction of sp³-hybridized carbons (Fsp3) is 0.500. The highest BCUT2D eigenvalue weighted by Crippen LogP contribution is 2.16. The molecule has 1 aromatic rings. The Morgan fingerprint density at radius 1 is 1.85 bits per heavy atom. The number of alkyl carbamates (subject to hydrolysis) is 1. The van der Waals surface area contributed by atoms with Gasteiger partial charge in [0.25, 0.3) is 0 Å². The summed E-state index contributed by atoms with van der Waals surface area (Å²) in [7, 11) is 1.35. The van der Waals surface area contributed by atoms with Crippen LogP contribution >= 0.6 is 11.3 Å². The van der Waals surface area contributed by atoms with Gasteiger partial charge in [0.1, 0.15) is 0 Å². The van der Waals surface area contributed by atoms with Crippen LogP contribution in [-0.2, 0) is 4.74 Å². The van der Waals surface area contributed by atoms with Crippen LogP contribution in [0.1, 0.15) is 17.8 Å². The fourth-order valence-corrected chi connectivity index (χ4v) is 1.57. The van der Waals surface area contributed by atoms with Crippen molar-refractivity contribution in [3.8, 4) is 0 Å². The molecule has 0 aromatic carbocycles. The Kier molecular flexibility index (Phi) is 3.70. The van der Waals surface area contributed by atoms with Gasteiger partial charge in [0.15, 0.2) is 0 Å². The minimum absolute atomic E-state index is 0.235. The summed E-state index contributed by atoms with van der Waals surface area (Å²) in [6, 6.07) is 0. The van der Waals surface area contributed by atoms with E-state index in [1.807, 2.05) is 12.3 Å². The molecule has 13 heavy (non-hydrogen) atoms. The molecule has 0 saturated carbocycles. The number of carbonyl (C=O) groups is 1. The zero-order valence-corrected chi connectivity index (χ0v) is 8.43. The lowest BCUT2D eigenvalue weighted by Gasteiger charge is -2.08. The van der Waals surface area contributed by atoms with Gasteiger partial charge in [-0.1, -0.05) is 6.92 Å². The third kappa shape index (κ3) is 3.02. The van der Waals surface area contributed by atoms with E-state index in [4.69, 9.17) is 0 Å². The van der Waals surface area contributed by atoms with Crippen LogP contribution in [0.3, 0.4) is 0 Å². The average molecular weight is 200 g/mol. The standard InChI is InChI=1S/C8H12N2O2S/c1-6(5-10-8(11)12-2)7-9-3-4-13-7/h3-4,6H,5H2,1-2H3,(H,10,11). The molecular formula is C8H12N2O2S. The molecule has 4 nitrogen and oxygen atoms in total. The fourth-order valence-electron chi connectivity index (χ4n) is 0.874. The van der Waals surface area contributed by atoms with E-state index in [2.05, 4.69) is 15.0 Å². The van der Waals surface area contributed by atoms with E-state index in [1.165, 1.54) is 7.11 Å². The third-order valence-corrected chi connectivity index (χ3v) is 2.62. The third-order valence-electron chi connectivity index (χ3n) is 1.61. The summed E-state index contributed by atoms with van der Waals surface area (Å²) < 4.78 is 4.45. The van der Waals surface area contributed by atoms with Gasteiger partial charge in [0.2, 0.25) is 0 Å². The Morgan fingerprint density at radius 3 is 3.15 bits per heavy atom. The zero-order chi connectivity index (χ0) is 9.68. The Morgan fingerprint density at radius 2 is 2.62 bits per heavy atom. The number of nitrogens with one attached hydrogen (secondary N) is 1. The molecule has 1 heterocycles. The van der Waals surface area contributed by atoms with Crippen molar-refractivity contribution in [3.63, 3.8) is 0 Å². The maximum Gasteiger partial charge on any atom is 0.406 e. The van der Waals surface area contributed by atoms with Gasteiger partial charge in [-0.05, 0) is 0 Å². The SMILES string of the molecule is COC(=O)NCC(C)c1nccs1. The van der Waals surface area contributed by atoms with Crippen molar-refractivity contribution < 1.29 is 9.53 Å². The quantitative estimate of drug-likeness (QED) is 0.806. The highest BCUT2D eigenvalue weighted by Gasteiger charge is 2.09. The Bertz CT molecular complexity index is 261. The van der Waals surface area contributed by atoms with Gasteiger partial charge in [-0.25, -0.2) is 9.78 Å². The number of hydrogen-bond acceptors (Lipinski definition) is 4. The molecule has 1 N–H and O–H groups in total. The normalized spacial score (nSPS) is 12.2. The van der Waals surface area contributed by atoms with Crippen molar-refractivity contribution in [2.24, 2.45) is 0 Å². The summed E-state index contributed by atoms with van der Waals surface area (Å²) in [4.78, 5) is 14.9. The number of rotatable bonds is 3. The van der Waals surface area contributed by atoms with E-state index >= 15 is 0 Å². The highest BCUT2D eigenvalue weighted by atomic mass is 32.1. The summed E-state index contributed by atoms with van der Waals surface area (Å²) in [6.45, 7) is 2.56. The predicted molar refractivity (Wildman–Crippen MR) is 50.9 cm³/mol. The molecule has 1 atom stereocenters.